The molecule has 4 heteroatoms. The molecule has 1 fully saturated rings. The van der Waals surface area contributed by atoms with Crippen LogP contribution >= 0.6 is 0 Å². The second-order valence-electron chi connectivity index (χ2n) is 5.34. The van der Waals surface area contributed by atoms with Gasteiger partial charge in [0.1, 0.15) is 5.92 Å². The summed E-state index contributed by atoms with van der Waals surface area (Å²) in [6, 6.07) is 7.68. The highest BCUT2D eigenvalue weighted by molar-refractivity contribution is 5.45. The van der Waals surface area contributed by atoms with Crippen molar-refractivity contribution in [1.82, 2.24) is 0 Å². The SMILES string of the molecule is COc1ccc(C(C#N)C2(O)CCCCC2)cc1OC. The van der Waals surface area contributed by atoms with E-state index in [4.69, 9.17) is 9.47 Å². The third-order valence-electron chi connectivity index (χ3n) is 4.13. The summed E-state index contributed by atoms with van der Waals surface area (Å²) in [5.74, 6) is 0.691. The average molecular weight is 275 g/mol. The predicted molar refractivity (Wildman–Crippen MR) is 75.9 cm³/mol. The highest BCUT2D eigenvalue weighted by Crippen LogP contribution is 2.41. The summed E-state index contributed by atoms with van der Waals surface area (Å²) in [4.78, 5) is 0. The Bertz CT molecular complexity index is 501. The van der Waals surface area contributed by atoms with E-state index in [0.717, 1.165) is 24.8 Å². The lowest BCUT2D eigenvalue weighted by Crippen LogP contribution is -2.37. The number of ether oxygens (including phenoxy) is 2. The highest BCUT2D eigenvalue weighted by Gasteiger charge is 2.39. The molecule has 0 radical (unpaired) electrons. The second kappa shape index (κ2) is 6.15. The molecular weight excluding hydrogens is 254 g/mol. The Morgan fingerprint density at radius 1 is 1.15 bits per heavy atom. The third-order valence-corrected chi connectivity index (χ3v) is 4.13. The van der Waals surface area contributed by atoms with Crippen molar-refractivity contribution in [2.45, 2.75) is 43.6 Å². The molecule has 0 bridgehead atoms. The number of rotatable bonds is 4. The van der Waals surface area contributed by atoms with Crippen LogP contribution in [0.4, 0.5) is 0 Å². The molecule has 1 atom stereocenters. The zero-order valence-corrected chi connectivity index (χ0v) is 12.1. The van der Waals surface area contributed by atoms with Crippen molar-refractivity contribution in [3.63, 3.8) is 0 Å². The number of aliphatic hydroxyl groups is 1. The molecule has 1 aromatic carbocycles. The van der Waals surface area contributed by atoms with Crippen LogP contribution < -0.4 is 9.47 Å². The fourth-order valence-electron chi connectivity index (χ4n) is 2.99. The van der Waals surface area contributed by atoms with Gasteiger partial charge < -0.3 is 14.6 Å². The average Bonchev–Trinajstić information content (AvgIpc) is 2.48. The molecule has 4 nitrogen and oxygen atoms in total. The van der Waals surface area contributed by atoms with Crippen LogP contribution in [-0.4, -0.2) is 24.9 Å². The molecule has 1 aliphatic rings. The summed E-state index contributed by atoms with van der Waals surface area (Å²) in [5.41, 5.74) is -0.137. The van der Waals surface area contributed by atoms with E-state index in [2.05, 4.69) is 6.07 Å². The van der Waals surface area contributed by atoms with Crippen LogP contribution in [0.1, 0.15) is 43.6 Å². The second-order valence-corrected chi connectivity index (χ2v) is 5.34. The summed E-state index contributed by atoms with van der Waals surface area (Å²) < 4.78 is 10.5. The van der Waals surface area contributed by atoms with Gasteiger partial charge in [0.05, 0.1) is 25.9 Å². The molecule has 20 heavy (non-hydrogen) atoms. The van der Waals surface area contributed by atoms with Crippen LogP contribution in [0.25, 0.3) is 0 Å². The van der Waals surface area contributed by atoms with E-state index in [-0.39, 0.29) is 0 Å². The van der Waals surface area contributed by atoms with Crippen molar-refractivity contribution in [3.05, 3.63) is 23.8 Å². The van der Waals surface area contributed by atoms with Crippen molar-refractivity contribution >= 4 is 0 Å². The smallest absolute Gasteiger partial charge is 0.161 e. The van der Waals surface area contributed by atoms with Gasteiger partial charge in [-0.3, -0.25) is 0 Å². The summed E-state index contributed by atoms with van der Waals surface area (Å²) in [5, 5.41) is 20.3. The number of methoxy groups -OCH3 is 2. The number of hydrogen-bond donors (Lipinski definition) is 1. The minimum Gasteiger partial charge on any atom is -0.493 e. The Balaban J connectivity index is 2.34. The van der Waals surface area contributed by atoms with Gasteiger partial charge in [-0.25, -0.2) is 0 Å². The fraction of sp³-hybridized carbons (Fsp3) is 0.562. The molecule has 2 rings (SSSR count). The molecule has 0 amide bonds. The fourth-order valence-corrected chi connectivity index (χ4v) is 2.99. The maximum Gasteiger partial charge on any atom is 0.161 e. The van der Waals surface area contributed by atoms with Crippen LogP contribution in [0, 0.1) is 11.3 Å². The molecule has 1 unspecified atom stereocenters. The molecule has 0 spiro atoms. The molecule has 0 aromatic heterocycles. The standard InChI is InChI=1S/C16H21NO3/c1-19-14-7-6-12(10-15(14)20-2)13(11-17)16(18)8-4-3-5-9-16/h6-7,10,13,18H,3-5,8-9H2,1-2H3. The lowest BCUT2D eigenvalue weighted by molar-refractivity contribution is -0.00718. The van der Waals surface area contributed by atoms with Gasteiger partial charge in [-0.2, -0.15) is 5.26 Å². The van der Waals surface area contributed by atoms with Crippen molar-refractivity contribution in [1.29, 1.82) is 5.26 Å². The molecular formula is C16H21NO3. The Morgan fingerprint density at radius 3 is 2.35 bits per heavy atom. The zero-order chi connectivity index (χ0) is 14.6. The molecule has 108 valence electrons. The maximum absolute atomic E-state index is 10.8. The van der Waals surface area contributed by atoms with Crippen molar-refractivity contribution in [2.75, 3.05) is 14.2 Å². The number of nitrogens with zero attached hydrogens (tertiary/aromatic N) is 1. The summed E-state index contributed by atoms with van der Waals surface area (Å²) in [7, 11) is 3.15. The number of nitriles is 1. The minimum absolute atomic E-state index is 0.525. The molecule has 1 saturated carbocycles. The van der Waals surface area contributed by atoms with E-state index in [9.17, 15) is 10.4 Å². The van der Waals surface area contributed by atoms with Gasteiger partial charge in [-0.15, -0.1) is 0 Å². The van der Waals surface area contributed by atoms with Gasteiger partial charge in [0.15, 0.2) is 11.5 Å². The van der Waals surface area contributed by atoms with Crippen LogP contribution in [0.3, 0.4) is 0 Å². The monoisotopic (exact) mass is 275 g/mol. The quantitative estimate of drug-likeness (QED) is 0.917. The van der Waals surface area contributed by atoms with E-state index in [1.807, 2.05) is 6.07 Å². The van der Waals surface area contributed by atoms with E-state index < -0.39 is 11.5 Å². The summed E-state index contributed by atoms with van der Waals surface area (Å²) in [6.45, 7) is 0. The van der Waals surface area contributed by atoms with E-state index in [1.165, 1.54) is 0 Å². The Hall–Kier alpha value is -1.73. The van der Waals surface area contributed by atoms with E-state index in [1.54, 1.807) is 26.4 Å². The Kier molecular flexibility index (Phi) is 4.51. The van der Waals surface area contributed by atoms with E-state index >= 15 is 0 Å². The van der Waals surface area contributed by atoms with Gasteiger partial charge in [-0.1, -0.05) is 25.3 Å². The van der Waals surface area contributed by atoms with Gasteiger partial charge in [-0.05, 0) is 30.5 Å². The summed E-state index contributed by atoms with van der Waals surface area (Å²) >= 11 is 0. The van der Waals surface area contributed by atoms with E-state index in [0.29, 0.717) is 24.3 Å². The van der Waals surface area contributed by atoms with Crippen molar-refractivity contribution in [3.8, 4) is 17.6 Å². The predicted octanol–water partition coefficient (Wildman–Crippen LogP) is 3.01. The first-order valence-electron chi connectivity index (χ1n) is 6.98. The first-order valence-corrected chi connectivity index (χ1v) is 6.98. The lowest BCUT2D eigenvalue weighted by atomic mass is 9.73. The third kappa shape index (κ3) is 2.73. The molecule has 0 aliphatic heterocycles. The molecule has 1 aromatic rings. The topological polar surface area (TPSA) is 62.5 Å². The van der Waals surface area contributed by atoms with Gasteiger partial charge in [0.25, 0.3) is 0 Å². The molecule has 1 N–H and O–H groups in total. The molecule has 1 aliphatic carbocycles. The van der Waals surface area contributed by atoms with Gasteiger partial charge in [0, 0.05) is 0 Å². The first kappa shape index (κ1) is 14.7. The van der Waals surface area contributed by atoms with Crippen LogP contribution in [-0.2, 0) is 0 Å². The lowest BCUT2D eigenvalue weighted by Gasteiger charge is -2.36. The number of benzene rings is 1. The Labute approximate surface area is 119 Å². The Morgan fingerprint density at radius 2 is 1.80 bits per heavy atom. The van der Waals surface area contributed by atoms with Crippen LogP contribution in [0.5, 0.6) is 11.5 Å². The van der Waals surface area contributed by atoms with Crippen LogP contribution in [0.2, 0.25) is 0 Å². The minimum atomic E-state index is -0.924. The maximum atomic E-state index is 10.8. The zero-order valence-electron chi connectivity index (χ0n) is 12.1. The number of hydrogen-bond acceptors (Lipinski definition) is 4. The van der Waals surface area contributed by atoms with Gasteiger partial charge >= 0.3 is 0 Å². The van der Waals surface area contributed by atoms with Gasteiger partial charge in [0.2, 0.25) is 0 Å². The molecule has 0 heterocycles. The van der Waals surface area contributed by atoms with Crippen molar-refractivity contribution in [2.24, 2.45) is 0 Å². The van der Waals surface area contributed by atoms with Crippen LogP contribution in [0.15, 0.2) is 18.2 Å². The highest BCUT2D eigenvalue weighted by atomic mass is 16.5. The largest absolute Gasteiger partial charge is 0.493 e. The normalized spacial score (nSPS) is 18.9. The first-order chi connectivity index (χ1) is 9.64. The van der Waals surface area contributed by atoms with Crippen molar-refractivity contribution < 1.29 is 14.6 Å². The molecule has 0 saturated heterocycles. The summed E-state index contributed by atoms with van der Waals surface area (Å²) in [6.07, 6.45) is 4.44.